The van der Waals surface area contributed by atoms with Crippen molar-refractivity contribution in [3.05, 3.63) is 59.7 Å². The quantitative estimate of drug-likeness (QED) is 0.791. The summed E-state index contributed by atoms with van der Waals surface area (Å²) in [5.41, 5.74) is 1.54. The Labute approximate surface area is 150 Å². The van der Waals surface area contributed by atoms with Crippen molar-refractivity contribution in [3.8, 4) is 5.75 Å². The number of nitrogens with one attached hydrogen (secondary N) is 2. The molecule has 0 bridgehead atoms. The van der Waals surface area contributed by atoms with Crippen LogP contribution in [0.4, 0.5) is 14.5 Å². The molecule has 2 rings (SSSR count). The summed E-state index contributed by atoms with van der Waals surface area (Å²) in [7, 11) is 0. The fourth-order valence-corrected chi connectivity index (χ4v) is 2.28. The van der Waals surface area contributed by atoms with Gasteiger partial charge in [0.25, 0.3) is 5.91 Å². The summed E-state index contributed by atoms with van der Waals surface area (Å²) in [5, 5.41) is 5.47. The largest absolute Gasteiger partial charge is 0.435 e. The molecule has 138 valence electrons. The number of anilines is 1. The predicted molar refractivity (Wildman–Crippen MR) is 94.5 cm³/mol. The van der Waals surface area contributed by atoms with Gasteiger partial charge in [-0.05, 0) is 49.7 Å². The molecule has 2 N–H and O–H groups in total. The number of rotatable bonds is 7. The van der Waals surface area contributed by atoms with Crippen LogP contribution in [0.25, 0.3) is 0 Å². The molecule has 0 aromatic heterocycles. The zero-order valence-corrected chi connectivity index (χ0v) is 14.5. The van der Waals surface area contributed by atoms with Gasteiger partial charge in [-0.2, -0.15) is 8.78 Å². The highest BCUT2D eigenvalue weighted by Gasteiger charge is 2.10. The maximum atomic E-state index is 12.2. The van der Waals surface area contributed by atoms with E-state index in [4.69, 9.17) is 0 Å². The minimum atomic E-state index is -2.95. The second kappa shape index (κ2) is 8.94. The van der Waals surface area contributed by atoms with Crippen molar-refractivity contribution in [3.63, 3.8) is 0 Å². The molecule has 0 atom stereocenters. The first-order chi connectivity index (χ1) is 12.3. The Bertz CT molecular complexity index is 762. The lowest BCUT2D eigenvalue weighted by Crippen LogP contribution is -2.31. The van der Waals surface area contributed by atoms with Crippen LogP contribution < -0.4 is 15.4 Å². The van der Waals surface area contributed by atoms with Crippen molar-refractivity contribution in [2.24, 2.45) is 0 Å². The van der Waals surface area contributed by atoms with Crippen LogP contribution in [0, 0.1) is 0 Å². The second-order valence-corrected chi connectivity index (χ2v) is 5.96. The number of alkyl halides is 2. The molecule has 0 saturated carbocycles. The van der Waals surface area contributed by atoms with E-state index >= 15 is 0 Å². The monoisotopic (exact) mass is 362 g/mol. The lowest BCUT2D eigenvalue weighted by molar-refractivity contribution is -0.120. The van der Waals surface area contributed by atoms with Crippen LogP contribution in [0.2, 0.25) is 0 Å². The van der Waals surface area contributed by atoms with E-state index in [0.29, 0.717) is 5.69 Å². The molecule has 0 saturated heterocycles. The van der Waals surface area contributed by atoms with Gasteiger partial charge in [-0.25, -0.2) is 0 Å². The van der Waals surface area contributed by atoms with Gasteiger partial charge in [0.2, 0.25) is 5.91 Å². The molecule has 2 amide bonds. The van der Waals surface area contributed by atoms with E-state index in [2.05, 4.69) is 15.4 Å². The summed E-state index contributed by atoms with van der Waals surface area (Å²) in [6.07, 6.45) is 0.249. The number of carbonyl (C=O) groups excluding carboxylic acids is 2. The van der Waals surface area contributed by atoms with Crippen LogP contribution in [0.3, 0.4) is 0 Å². The summed E-state index contributed by atoms with van der Waals surface area (Å²) >= 11 is 0. The van der Waals surface area contributed by atoms with Gasteiger partial charge < -0.3 is 15.4 Å². The first-order valence-corrected chi connectivity index (χ1v) is 8.08. The minimum Gasteiger partial charge on any atom is -0.435 e. The lowest BCUT2D eigenvalue weighted by atomic mass is 10.1. The zero-order chi connectivity index (χ0) is 19.1. The third kappa shape index (κ3) is 6.16. The number of hydrogen-bond acceptors (Lipinski definition) is 3. The van der Waals surface area contributed by atoms with Crippen molar-refractivity contribution in [2.45, 2.75) is 32.9 Å². The number of hydrogen-bond donors (Lipinski definition) is 2. The molecule has 0 radical (unpaired) electrons. The molecule has 2 aromatic carbocycles. The highest BCUT2D eigenvalue weighted by Crippen LogP contribution is 2.18. The van der Waals surface area contributed by atoms with Gasteiger partial charge >= 0.3 is 6.61 Å². The molecule has 5 nitrogen and oxygen atoms in total. The molecular formula is C19H20F2N2O3. The van der Waals surface area contributed by atoms with E-state index in [9.17, 15) is 18.4 Å². The normalized spacial score (nSPS) is 10.7. The average Bonchev–Trinajstić information content (AvgIpc) is 2.55. The van der Waals surface area contributed by atoms with Gasteiger partial charge in [0.15, 0.2) is 0 Å². The first-order valence-electron chi connectivity index (χ1n) is 8.08. The van der Waals surface area contributed by atoms with Gasteiger partial charge in [-0.3, -0.25) is 9.59 Å². The molecule has 0 fully saturated rings. The Morgan fingerprint density at radius 3 is 2.38 bits per heavy atom. The van der Waals surface area contributed by atoms with Gasteiger partial charge in [0, 0.05) is 17.3 Å². The number of benzene rings is 2. The van der Waals surface area contributed by atoms with Gasteiger partial charge in [0.05, 0.1) is 6.42 Å². The maximum Gasteiger partial charge on any atom is 0.387 e. The molecule has 0 aliphatic carbocycles. The Morgan fingerprint density at radius 2 is 1.77 bits per heavy atom. The predicted octanol–water partition coefficient (Wildman–Crippen LogP) is 3.61. The molecule has 0 heterocycles. The van der Waals surface area contributed by atoms with E-state index in [-0.39, 0.29) is 29.7 Å². The van der Waals surface area contributed by atoms with E-state index in [0.717, 1.165) is 5.56 Å². The van der Waals surface area contributed by atoms with E-state index in [1.165, 1.54) is 24.3 Å². The summed E-state index contributed by atoms with van der Waals surface area (Å²) < 4.78 is 28.8. The van der Waals surface area contributed by atoms with Crippen molar-refractivity contribution >= 4 is 17.5 Å². The summed E-state index contributed by atoms with van der Waals surface area (Å²) in [6, 6.07) is 12.5. The van der Waals surface area contributed by atoms with Crippen LogP contribution in [-0.4, -0.2) is 24.5 Å². The van der Waals surface area contributed by atoms with Crippen molar-refractivity contribution < 1.29 is 23.1 Å². The second-order valence-electron chi connectivity index (χ2n) is 5.96. The molecule has 0 aliphatic rings. The van der Waals surface area contributed by atoms with Gasteiger partial charge in [-0.1, -0.05) is 18.2 Å². The average molecular weight is 362 g/mol. The Kier molecular flexibility index (Phi) is 6.66. The molecule has 7 heteroatoms. The molecular weight excluding hydrogens is 342 g/mol. The highest BCUT2D eigenvalue weighted by molar-refractivity contribution is 6.04. The smallest absolute Gasteiger partial charge is 0.387 e. The summed E-state index contributed by atoms with van der Waals surface area (Å²) in [5.74, 6) is -0.609. The van der Waals surface area contributed by atoms with Crippen LogP contribution in [0.1, 0.15) is 29.8 Å². The van der Waals surface area contributed by atoms with E-state index in [1.807, 2.05) is 13.8 Å². The number of halogens is 2. The lowest BCUT2D eigenvalue weighted by Gasteiger charge is -2.10. The molecule has 0 spiro atoms. The van der Waals surface area contributed by atoms with Crippen molar-refractivity contribution in [1.82, 2.24) is 5.32 Å². The summed E-state index contributed by atoms with van der Waals surface area (Å²) in [6.45, 7) is 0.823. The highest BCUT2D eigenvalue weighted by atomic mass is 19.3. The van der Waals surface area contributed by atoms with Crippen LogP contribution in [-0.2, 0) is 11.2 Å². The minimum absolute atomic E-state index is 0.0749. The SMILES string of the molecule is CC(C)NC(=O)Cc1ccc(NC(=O)c2cccc(OC(F)F)c2)cc1. The van der Waals surface area contributed by atoms with Crippen LogP contribution in [0.5, 0.6) is 5.75 Å². The van der Waals surface area contributed by atoms with E-state index < -0.39 is 12.5 Å². The maximum absolute atomic E-state index is 12.2. The number of carbonyl (C=O) groups is 2. The third-order valence-electron chi connectivity index (χ3n) is 3.35. The standard InChI is InChI=1S/C19H20F2N2O3/c1-12(2)22-17(24)10-13-6-8-15(9-7-13)23-18(25)14-4-3-5-16(11-14)26-19(20)21/h3-9,11-12,19H,10H2,1-2H3,(H,22,24)(H,23,25). The fraction of sp³-hybridized carbons (Fsp3) is 0.263. The van der Waals surface area contributed by atoms with Crippen molar-refractivity contribution in [2.75, 3.05) is 5.32 Å². The number of ether oxygens (including phenoxy) is 1. The summed E-state index contributed by atoms with van der Waals surface area (Å²) in [4.78, 5) is 24.0. The van der Waals surface area contributed by atoms with Crippen LogP contribution >= 0.6 is 0 Å². The van der Waals surface area contributed by atoms with E-state index in [1.54, 1.807) is 24.3 Å². The first kappa shape index (κ1) is 19.4. The van der Waals surface area contributed by atoms with Crippen molar-refractivity contribution in [1.29, 1.82) is 0 Å². The number of amides is 2. The molecule has 0 unspecified atom stereocenters. The van der Waals surface area contributed by atoms with Crippen LogP contribution in [0.15, 0.2) is 48.5 Å². The zero-order valence-electron chi connectivity index (χ0n) is 14.5. The molecule has 2 aromatic rings. The third-order valence-corrected chi connectivity index (χ3v) is 3.35. The van der Waals surface area contributed by atoms with Gasteiger partial charge in [-0.15, -0.1) is 0 Å². The molecule has 0 aliphatic heterocycles. The molecule has 26 heavy (non-hydrogen) atoms. The Morgan fingerprint density at radius 1 is 1.08 bits per heavy atom. The fourth-order valence-electron chi connectivity index (χ4n) is 2.28. The Hall–Kier alpha value is -2.96. The topological polar surface area (TPSA) is 67.4 Å². The Balaban J connectivity index is 1.98. The van der Waals surface area contributed by atoms with Gasteiger partial charge in [0.1, 0.15) is 5.75 Å².